The maximum atomic E-state index is 12.1. The van der Waals surface area contributed by atoms with E-state index in [1.54, 1.807) is 20.1 Å². The molecule has 0 unspecified atom stereocenters. The van der Waals surface area contributed by atoms with Crippen LogP contribution in [-0.2, 0) is 11.2 Å². The average Bonchev–Trinajstić information content (AvgIpc) is 2.59. The number of hydrogen-bond donors (Lipinski definition) is 1. The largest absolute Gasteiger partial charge is 0.493 e. The predicted molar refractivity (Wildman–Crippen MR) is 95.6 cm³/mol. The second-order valence-corrected chi connectivity index (χ2v) is 5.79. The third kappa shape index (κ3) is 5.30. The molecule has 4 nitrogen and oxygen atoms in total. The lowest BCUT2D eigenvalue weighted by Gasteiger charge is -2.16. The summed E-state index contributed by atoms with van der Waals surface area (Å²) in [6, 6.07) is 15.8. The van der Waals surface area contributed by atoms with E-state index in [2.05, 4.69) is 36.5 Å². The summed E-state index contributed by atoms with van der Waals surface area (Å²) in [4.78, 5) is 12.1. The molecule has 0 aromatic heterocycles. The molecule has 0 radical (unpaired) electrons. The van der Waals surface area contributed by atoms with Gasteiger partial charge in [-0.2, -0.15) is 0 Å². The number of hydrogen-bond acceptors (Lipinski definition) is 3. The second-order valence-electron chi connectivity index (χ2n) is 5.79. The van der Waals surface area contributed by atoms with Crippen LogP contribution in [0.15, 0.2) is 48.5 Å². The van der Waals surface area contributed by atoms with E-state index < -0.39 is 6.10 Å². The number of rotatable bonds is 8. The van der Waals surface area contributed by atoms with Crippen molar-refractivity contribution in [1.29, 1.82) is 0 Å². The van der Waals surface area contributed by atoms with E-state index in [1.165, 1.54) is 11.1 Å². The average molecular weight is 327 g/mol. The number of nitrogens with one attached hydrogen (secondary N) is 1. The first-order chi connectivity index (χ1) is 11.6. The van der Waals surface area contributed by atoms with Gasteiger partial charge in [-0.1, -0.05) is 42.0 Å². The Morgan fingerprint density at radius 2 is 1.88 bits per heavy atom. The number of methoxy groups -OCH3 is 1. The Balaban J connectivity index is 1.75. The zero-order chi connectivity index (χ0) is 17.4. The van der Waals surface area contributed by atoms with Crippen molar-refractivity contribution in [2.24, 2.45) is 0 Å². The standard InChI is InChI=1S/C20H25NO3/c1-15-8-6-9-17(14-15)10-7-13-21-20(22)16(2)24-19-12-5-4-11-18(19)23-3/h4-6,8-9,11-12,14,16H,7,10,13H2,1-3H3,(H,21,22)/t16-/m1/s1. The molecule has 2 aromatic carbocycles. The molecule has 1 N–H and O–H groups in total. The number of benzene rings is 2. The second kappa shape index (κ2) is 8.96. The van der Waals surface area contributed by atoms with Crippen molar-refractivity contribution in [2.75, 3.05) is 13.7 Å². The van der Waals surface area contributed by atoms with E-state index in [9.17, 15) is 4.79 Å². The van der Waals surface area contributed by atoms with Gasteiger partial charge in [0.05, 0.1) is 7.11 Å². The van der Waals surface area contributed by atoms with Crippen LogP contribution in [0.25, 0.3) is 0 Å². The lowest BCUT2D eigenvalue weighted by molar-refractivity contribution is -0.127. The fourth-order valence-corrected chi connectivity index (χ4v) is 2.48. The highest BCUT2D eigenvalue weighted by Gasteiger charge is 2.15. The van der Waals surface area contributed by atoms with Crippen LogP contribution in [0.5, 0.6) is 11.5 Å². The summed E-state index contributed by atoms with van der Waals surface area (Å²) in [5.41, 5.74) is 2.55. The number of amides is 1. The minimum atomic E-state index is -0.569. The number of para-hydroxylation sites is 2. The van der Waals surface area contributed by atoms with E-state index in [0.29, 0.717) is 18.0 Å². The summed E-state index contributed by atoms with van der Waals surface area (Å²) in [6.07, 6.45) is 1.28. The van der Waals surface area contributed by atoms with E-state index >= 15 is 0 Å². The van der Waals surface area contributed by atoms with Gasteiger partial charge < -0.3 is 14.8 Å². The van der Waals surface area contributed by atoms with Crippen LogP contribution in [0, 0.1) is 6.92 Å². The van der Waals surface area contributed by atoms with Gasteiger partial charge in [-0.15, -0.1) is 0 Å². The summed E-state index contributed by atoms with van der Waals surface area (Å²) in [5.74, 6) is 1.07. The minimum absolute atomic E-state index is 0.120. The third-order valence-electron chi connectivity index (χ3n) is 3.77. The highest BCUT2D eigenvalue weighted by Crippen LogP contribution is 2.26. The number of aryl methyl sites for hydroxylation is 2. The molecule has 2 rings (SSSR count). The molecule has 0 aliphatic carbocycles. The van der Waals surface area contributed by atoms with Crippen molar-refractivity contribution >= 4 is 5.91 Å². The van der Waals surface area contributed by atoms with Crippen molar-refractivity contribution in [3.8, 4) is 11.5 Å². The Labute approximate surface area is 143 Å². The summed E-state index contributed by atoms with van der Waals surface area (Å²) in [7, 11) is 1.58. The SMILES string of the molecule is COc1ccccc1O[C@H](C)C(=O)NCCCc1cccc(C)c1. The van der Waals surface area contributed by atoms with Crippen molar-refractivity contribution in [3.05, 3.63) is 59.7 Å². The molecular formula is C20H25NO3. The first-order valence-corrected chi connectivity index (χ1v) is 8.23. The molecule has 1 atom stereocenters. The molecule has 4 heteroatoms. The summed E-state index contributed by atoms with van der Waals surface area (Å²) in [5, 5.41) is 2.92. The maximum absolute atomic E-state index is 12.1. The van der Waals surface area contributed by atoms with Gasteiger partial charge >= 0.3 is 0 Å². The van der Waals surface area contributed by atoms with Gasteiger partial charge in [0.15, 0.2) is 17.6 Å². The van der Waals surface area contributed by atoms with Crippen LogP contribution < -0.4 is 14.8 Å². The molecule has 0 heterocycles. The third-order valence-corrected chi connectivity index (χ3v) is 3.77. The summed E-state index contributed by atoms with van der Waals surface area (Å²) in [6.45, 7) is 4.46. The molecule has 0 bridgehead atoms. The van der Waals surface area contributed by atoms with E-state index in [1.807, 2.05) is 18.2 Å². The van der Waals surface area contributed by atoms with E-state index in [4.69, 9.17) is 9.47 Å². The fourth-order valence-electron chi connectivity index (χ4n) is 2.48. The topological polar surface area (TPSA) is 47.6 Å². The van der Waals surface area contributed by atoms with Crippen LogP contribution in [-0.4, -0.2) is 25.7 Å². The summed E-state index contributed by atoms with van der Waals surface area (Å²) >= 11 is 0. The number of ether oxygens (including phenoxy) is 2. The van der Waals surface area contributed by atoms with Crippen molar-refractivity contribution in [3.63, 3.8) is 0 Å². The molecule has 0 saturated carbocycles. The van der Waals surface area contributed by atoms with Crippen molar-refractivity contribution in [2.45, 2.75) is 32.8 Å². The smallest absolute Gasteiger partial charge is 0.260 e. The highest BCUT2D eigenvalue weighted by molar-refractivity contribution is 5.80. The lowest BCUT2D eigenvalue weighted by Crippen LogP contribution is -2.37. The first kappa shape index (κ1) is 17.9. The van der Waals surface area contributed by atoms with Crippen LogP contribution >= 0.6 is 0 Å². The first-order valence-electron chi connectivity index (χ1n) is 8.23. The van der Waals surface area contributed by atoms with Crippen LogP contribution in [0.4, 0.5) is 0 Å². The lowest BCUT2D eigenvalue weighted by atomic mass is 10.1. The van der Waals surface area contributed by atoms with Gasteiger partial charge in [0.25, 0.3) is 5.91 Å². The monoisotopic (exact) mass is 327 g/mol. The molecule has 2 aromatic rings. The van der Waals surface area contributed by atoms with Gasteiger partial charge in [-0.3, -0.25) is 4.79 Å². The number of carbonyl (C=O) groups excluding carboxylic acids is 1. The fraction of sp³-hybridized carbons (Fsp3) is 0.350. The Hall–Kier alpha value is -2.49. The van der Waals surface area contributed by atoms with Crippen LogP contribution in [0.2, 0.25) is 0 Å². The maximum Gasteiger partial charge on any atom is 0.260 e. The molecule has 0 aliphatic rings. The predicted octanol–water partition coefficient (Wildman–Crippen LogP) is 3.52. The normalized spacial score (nSPS) is 11.6. The molecule has 0 spiro atoms. The van der Waals surface area contributed by atoms with Crippen LogP contribution in [0.3, 0.4) is 0 Å². The van der Waals surface area contributed by atoms with Crippen molar-refractivity contribution < 1.29 is 14.3 Å². The van der Waals surface area contributed by atoms with Gasteiger partial charge in [0, 0.05) is 6.54 Å². The Bertz CT molecular complexity index is 669. The van der Waals surface area contributed by atoms with Gasteiger partial charge in [0.2, 0.25) is 0 Å². The molecule has 0 saturated heterocycles. The summed E-state index contributed by atoms with van der Waals surface area (Å²) < 4.78 is 10.9. The molecule has 128 valence electrons. The van der Waals surface area contributed by atoms with Gasteiger partial charge in [-0.25, -0.2) is 0 Å². The minimum Gasteiger partial charge on any atom is -0.493 e. The molecule has 1 amide bonds. The molecular weight excluding hydrogens is 302 g/mol. The van der Waals surface area contributed by atoms with Crippen molar-refractivity contribution in [1.82, 2.24) is 5.32 Å². The van der Waals surface area contributed by atoms with Crippen LogP contribution in [0.1, 0.15) is 24.5 Å². The zero-order valence-electron chi connectivity index (χ0n) is 14.5. The zero-order valence-corrected chi connectivity index (χ0v) is 14.5. The van der Waals surface area contributed by atoms with Gasteiger partial charge in [-0.05, 0) is 44.4 Å². The highest BCUT2D eigenvalue weighted by atomic mass is 16.5. The quantitative estimate of drug-likeness (QED) is 0.755. The van der Waals surface area contributed by atoms with E-state index in [-0.39, 0.29) is 5.91 Å². The molecule has 0 aliphatic heterocycles. The number of carbonyl (C=O) groups is 1. The van der Waals surface area contributed by atoms with Gasteiger partial charge in [0.1, 0.15) is 0 Å². The Morgan fingerprint density at radius 3 is 2.58 bits per heavy atom. The van der Waals surface area contributed by atoms with E-state index in [0.717, 1.165) is 12.8 Å². The Morgan fingerprint density at radius 1 is 1.12 bits per heavy atom. The Kier molecular flexibility index (Phi) is 6.67. The molecule has 24 heavy (non-hydrogen) atoms. The molecule has 0 fully saturated rings.